The van der Waals surface area contributed by atoms with E-state index in [9.17, 15) is 9.90 Å². The van der Waals surface area contributed by atoms with E-state index in [0.717, 1.165) is 17.3 Å². The Balaban J connectivity index is 1.43. The zero-order valence-corrected chi connectivity index (χ0v) is 15.1. The van der Waals surface area contributed by atoms with E-state index in [-0.39, 0.29) is 23.5 Å². The Morgan fingerprint density at radius 3 is 2.81 bits per heavy atom. The van der Waals surface area contributed by atoms with Crippen LogP contribution in [0.3, 0.4) is 0 Å². The maximum Gasteiger partial charge on any atom is 0.298 e. The van der Waals surface area contributed by atoms with Gasteiger partial charge in [0.15, 0.2) is 17.4 Å². The Morgan fingerprint density at radius 2 is 2.00 bits per heavy atom. The molecule has 0 saturated carbocycles. The first-order chi connectivity index (χ1) is 13.1. The predicted molar refractivity (Wildman–Crippen MR) is 94.1 cm³/mol. The zero-order valence-electron chi connectivity index (χ0n) is 14.3. The largest absolute Gasteiger partial charge is 0.538 e. The summed E-state index contributed by atoms with van der Waals surface area (Å²) in [5.41, 5.74) is 2.36. The number of aryl methyl sites for hydroxylation is 1. The molecule has 1 aliphatic heterocycles. The summed E-state index contributed by atoms with van der Waals surface area (Å²) >= 11 is 1.06. The fourth-order valence-electron chi connectivity index (χ4n) is 2.52. The fraction of sp³-hybridized carbons (Fsp3) is 0.167. The second-order valence-corrected chi connectivity index (χ2v) is 6.78. The third-order valence-corrected chi connectivity index (χ3v) is 4.87. The van der Waals surface area contributed by atoms with Crippen LogP contribution < -0.4 is 24.6 Å². The van der Waals surface area contributed by atoms with Crippen LogP contribution in [0.5, 0.6) is 17.4 Å². The first-order valence-corrected chi connectivity index (χ1v) is 9.07. The van der Waals surface area contributed by atoms with Crippen LogP contribution in [0, 0.1) is 6.92 Å². The number of carbonyl (C=O) groups is 1. The van der Waals surface area contributed by atoms with Crippen molar-refractivity contribution in [1.82, 2.24) is 5.27 Å². The summed E-state index contributed by atoms with van der Waals surface area (Å²) in [7, 11) is 0. The van der Waals surface area contributed by atoms with Gasteiger partial charge in [0.2, 0.25) is 18.4 Å². The number of rotatable bonds is 5. The minimum absolute atomic E-state index is 0.0246. The molecule has 3 aromatic rings. The molecule has 1 aromatic heterocycles. The van der Waals surface area contributed by atoms with Gasteiger partial charge in [-0.3, -0.25) is 4.79 Å². The highest BCUT2D eigenvalue weighted by Gasteiger charge is 2.22. The van der Waals surface area contributed by atoms with E-state index in [1.54, 1.807) is 18.2 Å². The van der Waals surface area contributed by atoms with E-state index in [0.29, 0.717) is 22.9 Å². The Labute approximate surface area is 158 Å². The average Bonchev–Trinajstić information content (AvgIpc) is 3.27. The van der Waals surface area contributed by atoms with E-state index in [1.165, 1.54) is 4.68 Å². The van der Waals surface area contributed by atoms with E-state index in [4.69, 9.17) is 14.0 Å². The summed E-state index contributed by atoms with van der Waals surface area (Å²) in [5.74, 6) is 0.392. The fourth-order valence-corrected chi connectivity index (χ4v) is 3.27. The number of amides is 1. The highest BCUT2D eigenvalue weighted by atomic mass is 32.2. The molecule has 0 spiro atoms. The number of ether oxygens (including phenoxy) is 2. The van der Waals surface area contributed by atoms with Crippen molar-refractivity contribution >= 4 is 23.4 Å². The Morgan fingerprint density at radius 1 is 1.22 bits per heavy atom. The second-order valence-electron chi connectivity index (χ2n) is 5.82. The lowest BCUT2D eigenvalue weighted by Crippen LogP contribution is -2.35. The summed E-state index contributed by atoms with van der Waals surface area (Å²) in [5, 5.41) is 18.7. The van der Waals surface area contributed by atoms with Crippen molar-refractivity contribution in [3.05, 3.63) is 48.0 Å². The number of thioether (sulfide) groups is 1. The van der Waals surface area contributed by atoms with Gasteiger partial charge in [-0.1, -0.05) is 17.7 Å². The first-order valence-electron chi connectivity index (χ1n) is 8.08. The van der Waals surface area contributed by atoms with Gasteiger partial charge in [-0.15, -0.1) is 0 Å². The lowest BCUT2D eigenvalue weighted by Gasteiger charge is -2.05. The quantitative estimate of drug-likeness (QED) is 0.528. The number of aromatic nitrogens is 2. The standard InChI is InChI=1S/C18H15N3O5S/c1-11-2-5-13(6-3-11)21-17(18(23)26-20-21)27-9-16(22)19-12-4-7-14-15(8-12)25-10-24-14/h2-8H,9-10H2,1H3,(H-,19,20,22,23). The van der Waals surface area contributed by atoms with Crippen LogP contribution in [0.1, 0.15) is 5.56 Å². The topological polar surface area (TPSA) is 101 Å². The molecule has 0 fully saturated rings. The molecular formula is C18H15N3O5S. The number of benzene rings is 2. The van der Waals surface area contributed by atoms with Crippen molar-refractivity contribution in [2.24, 2.45) is 0 Å². The maximum absolute atomic E-state index is 12.2. The number of nitrogens with zero attached hydrogens (tertiary/aromatic N) is 2. The summed E-state index contributed by atoms with van der Waals surface area (Å²) in [4.78, 5) is 12.2. The number of carbonyl (C=O) groups excluding carboxylic acids is 1. The molecule has 2 aromatic carbocycles. The van der Waals surface area contributed by atoms with Crippen LogP contribution in [0.15, 0.2) is 52.0 Å². The molecule has 4 rings (SSSR count). The van der Waals surface area contributed by atoms with Crippen molar-refractivity contribution in [2.45, 2.75) is 11.9 Å². The molecule has 0 atom stereocenters. The van der Waals surface area contributed by atoms with E-state index < -0.39 is 5.95 Å². The minimum atomic E-state index is -0.587. The van der Waals surface area contributed by atoms with Gasteiger partial charge < -0.3 is 24.4 Å². The molecule has 0 unspecified atom stereocenters. The van der Waals surface area contributed by atoms with E-state index in [1.807, 2.05) is 31.2 Å². The van der Waals surface area contributed by atoms with Crippen LogP contribution >= 0.6 is 11.8 Å². The maximum atomic E-state index is 12.2. The summed E-state index contributed by atoms with van der Waals surface area (Å²) in [6, 6.07) is 12.6. The van der Waals surface area contributed by atoms with E-state index in [2.05, 4.69) is 10.6 Å². The van der Waals surface area contributed by atoms with Crippen molar-refractivity contribution in [3.63, 3.8) is 0 Å². The smallest absolute Gasteiger partial charge is 0.298 e. The number of hydrogen-bond donors (Lipinski definition) is 1. The number of anilines is 1. The number of fused-ring (bicyclic) bond motifs is 1. The molecule has 1 amide bonds. The molecule has 0 bridgehead atoms. The van der Waals surface area contributed by atoms with Crippen LogP contribution in [-0.2, 0) is 4.79 Å². The molecule has 27 heavy (non-hydrogen) atoms. The molecule has 1 aliphatic rings. The Bertz CT molecular complexity index is 987. The molecule has 8 nitrogen and oxygen atoms in total. The van der Waals surface area contributed by atoms with Crippen molar-refractivity contribution < 1.29 is 28.6 Å². The monoisotopic (exact) mass is 385 g/mol. The molecule has 1 N–H and O–H groups in total. The van der Waals surface area contributed by atoms with E-state index >= 15 is 0 Å². The normalized spacial score (nSPS) is 12.2. The zero-order chi connectivity index (χ0) is 18.8. The van der Waals surface area contributed by atoms with Crippen LogP contribution in [0.2, 0.25) is 0 Å². The molecule has 0 radical (unpaired) electrons. The number of hydrogen-bond acceptors (Lipinski definition) is 7. The number of nitrogens with one attached hydrogen (secondary N) is 1. The molecule has 0 saturated heterocycles. The summed E-state index contributed by atoms with van der Waals surface area (Å²) in [6.45, 7) is 2.13. The lowest BCUT2D eigenvalue weighted by molar-refractivity contribution is -0.705. The van der Waals surface area contributed by atoms with Gasteiger partial charge in [-0.2, -0.15) is 0 Å². The average molecular weight is 385 g/mol. The van der Waals surface area contributed by atoms with Gasteiger partial charge in [-0.05, 0) is 35.5 Å². The SMILES string of the molecule is Cc1ccc(-[n+]2noc([O-])c2SCC(=O)Nc2ccc3c(c2)OCO3)cc1. The highest BCUT2D eigenvalue weighted by molar-refractivity contribution is 7.99. The van der Waals surface area contributed by atoms with Gasteiger partial charge in [-0.25, -0.2) is 0 Å². The van der Waals surface area contributed by atoms with Crippen LogP contribution in [0.25, 0.3) is 5.69 Å². The minimum Gasteiger partial charge on any atom is -0.538 e. The van der Waals surface area contributed by atoms with Gasteiger partial charge in [0.25, 0.3) is 5.03 Å². The Hall–Kier alpha value is -3.20. The Kier molecular flexibility index (Phi) is 4.59. The molecule has 138 valence electrons. The van der Waals surface area contributed by atoms with Gasteiger partial charge >= 0.3 is 0 Å². The van der Waals surface area contributed by atoms with Crippen LogP contribution in [-0.4, -0.2) is 23.7 Å². The van der Waals surface area contributed by atoms with Gasteiger partial charge in [0.1, 0.15) is 0 Å². The van der Waals surface area contributed by atoms with Crippen molar-refractivity contribution in [3.8, 4) is 23.1 Å². The molecule has 0 aliphatic carbocycles. The first kappa shape index (κ1) is 17.2. The third kappa shape index (κ3) is 3.68. The highest BCUT2D eigenvalue weighted by Crippen LogP contribution is 2.34. The van der Waals surface area contributed by atoms with Crippen molar-refractivity contribution in [1.29, 1.82) is 0 Å². The molecule has 9 heteroatoms. The predicted octanol–water partition coefficient (Wildman–Crippen LogP) is 1.79. The summed E-state index contributed by atoms with van der Waals surface area (Å²) < 4.78 is 16.7. The molecular weight excluding hydrogens is 370 g/mol. The van der Waals surface area contributed by atoms with Crippen molar-refractivity contribution in [2.75, 3.05) is 17.9 Å². The lowest BCUT2D eigenvalue weighted by atomic mass is 10.2. The summed E-state index contributed by atoms with van der Waals surface area (Å²) in [6.07, 6.45) is 0. The third-order valence-electron chi connectivity index (χ3n) is 3.85. The molecule has 2 heterocycles. The van der Waals surface area contributed by atoms with Gasteiger partial charge in [0.05, 0.1) is 11.0 Å². The second kappa shape index (κ2) is 7.20. The van der Waals surface area contributed by atoms with Gasteiger partial charge in [0, 0.05) is 23.9 Å². The van der Waals surface area contributed by atoms with Crippen LogP contribution in [0.4, 0.5) is 5.69 Å².